The van der Waals surface area contributed by atoms with E-state index in [0.29, 0.717) is 24.8 Å². The van der Waals surface area contributed by atoms with Gasteiger partial charge in [-0.3, -0.25) is 9.20 Å². The second kappa shape index (κ2) is 6.74. The molecule has 134 valence electrons. The van der Waals surface area contributed by atoms with E-state index in [1.54, 1.807) is 6.33 Å². The number of amides is 1. The molecule has 0 spiro atoms. The van der Waals surface area contributed by atoms with Crippen molar-refractivity contribution in [3.8, 4) is 0 Å². The molecule has 0 unspecified atom stereocenters. The Morgan fingerprint density at radius 1 is 1.08 bits per heavy atom. The van der Waals surface area contributed by atoms with E-state index in [-0.39, 0.29) is 5.91 Å². The number of carbonyl (C=O) groups is 1. The van der Waals surface area contributed by atoms with E-state index in [0.717, 1.165) is 30.2 Å². The molecule has 1 aromatic carbocycles. The van der Waals surface area contributed by atoms with Crippen LogP contribution in [0.5, 0.6) is 0 Å². The van der Waals surface area contributed by atoms with Gasteiger partial charge >= 0.3 is 0 Å². The third kappa shape index (κ3) is 3.00. The third-order valence-corrected chi connectivity index (χ3v) is 4.80. The van der Waals surface area contributed by atoms with Crippen molar-refractivity contribution >= 4 is 17.5 Å². The van der Waals surface area contributed by atoms with Crippen LogP contribution in [0.2, 0.25) is 0 Å². The van der Waals surface area contributed by atoms with Crippen molar-refractivity contribution in [1.29, 1.82) is 0 Å². The van der Waals surface area contributed by atoms with Crippen LogP contribution >= 0.6 is 0 Å². The van der Waals surface area contributed by atoms with E-state index in [1.807, 2.05) is 39.6 Å². The number of hydrogen-bond donors (Lipinski definition) is 0. The van der Waals surface area contributed by atoms with Gasteiger partial charge in [-0.2, -0.15) is 4.98 Å². The summed E-state index contributed by atoms with van der Waals surface area (Å²) in [6, 6.07) is 11.6. The van der Waals surface area contributed by atoms with Crippen molar-refractivity contribution in [2.45, 2.75) is 19.8 Å². The van der Waals surface area contributed by atoms with Crippen molar-refractivity contribution in [2.24, 2.45) is 0 Å². The second-order valence-electron chi connectivity index (χ2n) is 6.84. The zero-order chi connectivity index (χ0) is 18.1. The first-order valence-electron chi connectivity index (χ1n) is 8.93. The molecule has 1 amide bonds. The Labute approximate surface area is 152 Å². The van der Waals surface area contributed by atoms with E-state index >= 15 is 0 Å². The molecule has 7 nitrogen and oxygen atoms in total. The Morgan fingerprint density at radius 2 is 1.81 bits per heavy atom. The minimum atomic E-state index is 0.0917. The number of aromatic nitrogens is 4. The highest BCUT2D eigenvalue weighted by Gasteiger charge is 2.24. The number of rotatable bonds is 3. The molecular formula is C19H22N6O. The van der Waals surface area contributed by atoms with Gasteiger partial charge in [-0.25, -0.2) is 0 Å². The molecule has 1 fully saturated rings. The van der Waals surface area contributed by atoms with Crippen molar-refractivity contribution in [3.63, 3.8) is 0 Å². The first-order valence-corrected chi connectivity index (χ1v) is 8.93. The van der Waals surface area contributed by atoms with E-state index in [2.05, 4.69) is 40.0 Å². The molecule has 0 bridgehead atoms. The van der Waals surface area contributed by atoms with Crippen LogP contribution in [0.4, 0.5) is 5.82 Å². The lowest BCUT2D eigenvalue weighted by Gasteiger charge is -2.35. The van der Waals surface area contributed by atoms with Crippen LogP contribution in [0.15, 0.2) is 42.7 Å². The van der Waals surface area contributed by atoms with Gasteiger partial charge in [0.15, 0.2) is 0 Å². The summed E-state index contributed by atoms with van der Waals surface area (Å²) in [4.78, 5) is 21.4. The predicted octanol–water partition coefficient (Wildman–Crippen LogP) is 2.21. The predicted molar refractivity (Wildman–Crippen MR) is 99.4 cm³/mol. The van der Waals surface area contributed by atoms with Gasteiger partial charge in [-0.1, -0.05) is 32.0 Å². The summed E-state index contributed by atoms with van der Waals surface area (Å²) in [6.45, 7) is 7.18. The average molecular weight is 350 g/mol. The molecule has 0 atom stereocenters. The number of hydrogen-bond acceptors (Lipinski definition) is 5. The minimum absolute atomic E-state index is 0.0917. The molecular weight excluding hydrogens is 328 g/mol. The SMILES string of the molecule is CC(C)c1cc(N2CCN(C(=O)c3ccccc3)CC2)nc2nncn12. The lowest BCUT2D eigenvalue weighted by atomic mass is 10.1. The van der Waals surface area contributed by atoms with Gasteiger partial charge in [0.05, 0.1) is 0 Å². The highest BCUT2D eigenvalue weighted by Crippen LogP contribution is 2.22. The van der Waals surface area contributed by atoms with Crippen LogP contribution in [-0.4, -0.2) is 56.6 Å². The number of carbonyl (C=O) groups excluding carboxylic acids is 1. The minimum Gasteiger partial charge on any atom is -0.353 e. The summed E-state index contributed by atoms with van der Waals surface area (Å²) >= 11 is 0. The molecule has 3 heterocycles. The number of fused-ring (bicyclic) bond motifs is 1. The topological polar surface area (TPSA) is 66.6 Å². The van der Waals surface area contributed by atoms with E-state index in [9.17, 15) is 4.79 Å². The smallest absolute Gasteiger partial charge is 0.256 e. The van der Waals surface area contributed by atoms with Crippen LogP contribution < -0.4 is 4.90 Å². The van der Waals surface area contributed by atoms with E-state index < -0.39 is 0 Å². The van der Waals surface area contributed by atoms with Crippen molar-refractivity contribution < 1.29 is 4.79 Å². The number of nitrogens with zero attached hydrogens (tertiary/aromatic N) is 6. The Hall–Kier alpha value is -2.96. The van der Waals surface area contributed by atoms with Gasteiger partial charge in [0, 0.05) is 43.5 Å². The first kappa shape index (κ1) is 16.5. The second-order valence-corrected chi connectivity index (χ2v) is 6.84. The van der Waals surface area contributed by atoms with Gasteiger partial charge < -0.3 is 9.80 Å². The molecule has 3 aromatic rings. The monoisotopic (exact) mass is 350 g/mol. The molecule has 1 aliphatic rings. The lowest BCUT2D eigenvalue weighted by molar-refractivity contribution is 0.0746. The normalized spacial score (nSPS) is 15.0. The largest absolute Gasteiger partial charge is 0.353 e. The molecule has 1 aliphatic heterocycles. The number of anilines is 1. The zero-order valence-corrected chi connectivity index (χ0v) is 15.0. The Balaban J connectivity index is 1.51. The summed E-state index contributed by atoms with van der Waals surface area (Å²) in [5.41, 5.74) is 1.88. The molecule has 2 aromatic heterocycles. The van der Waals surface area contributed by atoms with Crippen molar-refractivity contribution in [2.75, 3.05) is 31.1 Å². The zero-order valence-electron chi connectivity index (χ0n) is 15.0. The van der Waals surface area contributed by atoms with Gasteiger partial charge in [0.1, 0.15) is 12.1 Å². The fourth-order valence-corrected chi connectivity index (χ4v) is 3.33. The van der Waals surface area contributed by atoms with E-state index in [1.165, 1.54) is 0 Å². The maximum absolute atomic E-state index is 12.6. The third-order valence-electron chi connectivity index (χ3n) is 4.80. The summed E-state index contributed by atoms with van der Waals surface area (Å²) < 4.78 is 1.93. The van der Waals surface area contributed by atoms with Crippen LogP contribution in [0.3, 0.4) is 0 Å². The molecule has 0 radical (unpaired) electrons. The number of benzene rings is 1. The summed E-state index contributed by atoms with van der Waals surface area (Å²) in [7, 11) is 0. The number of piperazine rings is 1. The molecule has 0 N–H and O–H groups in total. The fraction of sp³-hybridized carbons (Fsp3) is 0.368. The van der Waals surface area contributed by atoms with Gasteiger partial charge in [-0.05, 0) is 18.1 Å². The molecule has 4 rings (SSSR count). The lowest BCUT2D eigenvalue weighted by Crippen LogP contribution is -2.49. The van der Waals surface area contributed by atoms with Crippen LogP contribution in [0.25, 0.3) is 5.78 Å². The molecule has 26 heavy (non-hydrogen) atoms. The van der Waals surface area contributed by atoms with Gasteiger partial charge in [0.2, 0.25) is 0 Å². The fourth-order valence-electron chi connectivity index (χ4n) is 3.33. The quantitative estimate of drug-likeness (QED) is 0.724. The average Bonchev–Trinajstić information content (AvgIpc) is 3.16. The summed E-state index contributed by atoms with van der Waals surface area (Å²) in [5, 5.41) is 8.09. The molecule has 0 saturated carbocycles. The van der Waals surface area contributed by atoms with Crippen LogP contribution in [0, 0.1) is 0 Å². The standard InChI is InChI=1S/C19H22N6O/c1-14(2)16-12-17(21-19-22-20-13-25(16)19)23-8-10-24(11-9-23)18(26)15-6-4-3-5-7-15/h3-7,12-14H,8-11H2,1-2H3. The Morgan fingerprint density at radius 3 is 2.50 bits per heavy atom. The molecule has 0 aliphatic carbocycles. The Bertz CT molecular complexity index is 912. The van der Waals surface area contributed by atoms with Crippen LogP contribution in [-0.2, 0) is 0 Å². The highest BCUT2D eigenvalue weighted by molar-refractivity contribution is 5.94. The summed E-state index contributed by atoms with van der Waals surface area (Å²) in [5.74, 6) is 1.96. The highest BCUT2D eigenvalue weighted by atomic mass is 16.2. The molecule has 7 heteroatoms. The first-order chi connectivity index (χ1) is 12.6. The van der Waals surface area contributed by atoms with Gasteiger partial charge in [-0.15, -0.1) is 10.2 Å². The maximum Gasteiger partial charge on any atom is 0.256 e. The van der Waals surface area contributed by atoms with Gasteiger partial charge in [0.25, 0.3) is 11.7 Å². The van der Waals surface area contributed by atoms with Crippen LogP contribution in [0.1, 0.15) is 35.8 Å². The Kier molecular flexibility index (Phi) is 4.28. The molecule has 1 saturated heterocycles. The maximum atomic E-state index is 12.6. The van der Waals surface area contributed by atoms with E-state index in [4.69, 9.17) is 0 Å². The summed E-state index contributed by atoms with van der Waals surface area (Å²) in [6.07, 6.45) is 1.71. The van der Waals surface area contributed by atoms with Crippen molar-refractivity contribution in [3.05, 3.63) is 54.0 Å². The van der Waals surface area contributed by atoms with Crippen molar-refractivity contribution in [1.82, 2.24) is 24.5 Å².